The fourth-order valence-corrected chi connectivity index (χ4v) is 1.93. The van der Waals surface area contributed by atoms with Crippen molar-refractivity contribution in [3.05, 3.63) is 29.3 Å². The monoisotopic (exact) mass is 283 g/mol. The normalized spacial score (nSPS) is 14.9. The Kier molecular flexibility index (Phi) is 4.93. The lowest BCUT2D eigenvalue weighted by molar-refractivity contribution is 0.174. The molecule has 1 heterocycles. The maximum Gasteiger partial charge on any atom is 0.231 e. The van der Waals surface area contributed by atoms with Gasteiger partial charge in [-0.3, -0.25) is 0 Å². The zero-order valence-electron chi connectivity index (χ0n) is 10.9. The molecule has 1 aliphatic heterocycles. The predicted molar refractivity (Wildman–Crippen MR) is 75.0 cm³/mol. The highest BCUT2D eigenvalue weighted by molar-refractivity contribution is 6.25. The Labute approximate surface area is 118 Å². The highest BCUT2D eigenvalue weighted by Gasteiger charge is 2.19. The lowest BCUT2D eigenvalue weighted by Crippen LogP contribution is -2.21. The third-order valence-electron chi connectivity index (χ3n) is 2.99. The van der Waals surface area contributed by atoms with Crippen LogP contribution in [0.3, 0.4) is 0 Å². The Morgan fingerprint density at radius 3 is 2.84 bits per heavy atom. The second kappa shape index (κ2) is 6.68. The minimum absolute atomic E-state index is 0.103. The highest BCUT2D eigenvalue weighted by Crippen LogP contribution is 2.38. The summed E-state index contributed by atoms with van der Waals surface area (Å²) in [6.07, 6.45) is 3.39. The van der Waals surface area contributed by atoms with Gasteiger partial charge in [0.2, 0.25) is 6.79 Å². The molecule has 1 aromatic rings. The summed E-state index contributed by atoms with van der Waals surface area (Å²) in [5.74, 6) is 2.22. The van der Waals surface area contributed by atoms with Crippen molar-refractivity contribution in [2.45, 2.75) is 25.8 Å². The summed E-state index contributed by atoms with van der Waals surface area (Å²) in [5, 5.41) is 0. The third-order valence-corrected chi connectivity index (χ3v) is 3.16. The molecule has 2 N–H and O–H groups in total. The van der Waals surface area contributed by atoms with Crippen LogP contribution in [0.4, 0.5) is 0 Å². The number of rotatable bonds is 6. The first kappa shape index (κ1) is 14.0. The average Bonchev–Trinajstić information content (AvgIpc) is 2.86. The van der Waals surface area contributed by atoms with Gasteiger partial charge < -0.3 is 19.9 Å². The van der Waals surface area contributed by atoms with Crippen molar-refractivity contribution in [2.75, 3.05) is 13.4 Å². The van der Waals surface area contributed by atoms with Crippen molar-refractivity contribution in [1.82, 2.24) is 0 Å². The van der Waals surface area contributed by atoms with E-state index in [1.165, 1.54) is 5.54 Å². The molecule has 104 valence electrons. The van der Waals surface area contributed by atoms with Gasteiger partial charge in [0.15, 0.2) is 11.5 Å². The first-order chi connectivity index (χ1) is 9.24. The van der Waals surface area contributed by atoms with Crippen LogP contribution in [0.25, 0.3) is 0 Å². The molecule has 0 fully saturated rings. The van der Waals surface area contributed by atoms with E-state index in [1.807, 2.05) is 12.1 Å². The van der Waals surface area contributed by atoms with Crippen LogP contribution in [-0.2, 0) is 6.42 Å². The van der Waals surface area contributed by atoms with E-state index in [9.17, 15) is 0 Å². The number of nitrogens with two attached hydrogens (primary N) is 1. The van der Waals surface area contributed by atoms with E-state index in [1.54, 1.807) is 6.08 Å². The second-order valence-electron chi connectivity index (χ2n) is 4.36. The van der Waals surface area contributed by atoms with Crippen molar-refractivity contribution in [2.24, 2.45) is 5.73 Å². The van der Waals surface area contributed by atoms with Crippen LogP contribution in [0, 0.1) is 0 Å². The summed E-state index contributed by atoms with van der Waals surface area (Å²) in [4.78, 5) is 0. The zero-order chi connectivity index (χ0) is 13.7. The Morgan fingerprint density at radius 1 is 1.42 bits per heavy atom. The Bertz CT molecular complexity index is 462. The number of benzene rings is 1. The van der Waals surface area contributed by atoms with Crippen molar-refractivity contribution in [3.63, 3.8) is 0 Å². The minimum atomic E-state index is 0.103. The fourth-order valence-electron chi connectivity index (χ4n) is 1.86. The quantitative estimate of drug-likeness (QED) is 0.872. The van der Waals surface area contributed by atoms with Crippen LogP contribution >= 0.6 is 11.6 Å². The first-order valence-electron chi connectivity index (χ1n) is 6.30. The largest absolute Gasteiger partial charge is 0.489 e. The summed E-state index contributed by atoms with van der Waals surface area (Å²) >= 11 is 5.48. The molecule has 0 radical (unpaired) electrons. The third kappa shape index (κ3) is 3.55. The van der Waals surface area contributed by atoms with E-state index in [2.05, 4.69) is 6.92 Å². The summed E-state index contributed by atoms with van der Waals surface area (Å²) < 4.78 is 16.4. The van der Waals surface area contributed by atoms with Crippen LogP contribution < -0.4 is 19.9 Å². The number of hydrogen-bond donors (Lipinski definition) is 1. The first-order valence-corrected chi connectivity index (χ1v) is 6.74. The lowest BCUT2D eigenvalue weighted by atomic mass is 10.0. The SMILES string of the molecule is CCC(N)Cc1cc2c(cc1OCC=CCl)OCO2. The smallest absolute Gasteiger partial charge is 0.231 e. The van der Waals surface area contributed by atoms with E-state index in [4.69, 9.17) is 31.5 Å². The summed E-state index contributed by atoms with van der Waals surface area (Å²) in [5.41, 5.74) is 8.48. The molecular weight excluding hydrogens is 266 g/mol. The lowest BCUT2D eigenvalue weighted by Gasteiger charge is -2.14. The standard InChI is InChI=1S/C14H18ClNO3/c1-2-11(16)6-10-7-13-14(19-9-18-13)8-12(10)17-5-3-4-15/h3-4,7-8,11H,2,5-6,9,16H2,1H3. The summed E-state index contributed by atoms with van der Waals surface area (Å²) in [6.45, 7) is 2.73. The van der Waals surface area contributed by atoms with Gasteiger partial charge in [-0.1, -0.05) is 18.5 Å². The maximum atomic E-state index is 6.01. The molecule has 0 saturated heterocycles. The van der Waals surface area contributed by atoms with E-state index in [0.717, 1.165) is 29.9 Å². The molecule has 1 aromatic carbocycles. The number of ether oxygens (including phenoxy) is 3. The van der Waals surface area contributed by atoms with E-state index in [0.29, 0.717) is 12.4 Å². The molecule has 1 atom stereocenters. The minimum Gasteiger partial charge on any atom is -0.489 e. The molecule has 0 aromatic heterocycles. The van der Waals surface area contributed by atoms with Crippen LogP contribution in [0.5, 0.6) is 17.2 Å². The van der Waals surface area contributed by atoms with Gasteiger partial charge in [0.25, 0.3) is 0 Å². The van der Waals surface area contributed by atoms with Crippen molar-refractivity contribution in [3.8, 4) is 17.2 Å². The van der Waals surface area contributed by atoms with E-state index in [-0.39, 0.29) is 12.8 Å². The van der Waals surface area contributed by atoms with Gasteiger partial charge >= 0.3 is 0 Å². The molecule has 0 amide bonds. The fraction of sp³-hybridized carbons (Fsp3) is 0.429. The van der Waals surface area contributed by atoms with E-state index < -0.39 is 0 Å². The molecule has 4 nitrogen and oxygen atoms in total. The van der Waals surface area contributed by atoms with Crippen LogP contribution in [0.1, 0.15) is 18.9 Å². The molecule has 0 spiro atoms. The van der Waals surface area contributed by atoms with Gasteiger partial charge in [-0.25, -0.2) is 0 Å². The Balaban J connectivity index is 2.21. The molecule has 0 aliphatic carbocycles. The number of fused-ring (bicyclic) bond motifs is 1. The van der Waals surface area contributed by atoms with Crippen molar-refractivity contribution in [1.29, 1.82) is 0 Å². The van der Waals surface area contributed by atoms with E-state index >= 15 is 0 Å². The zero-order valence-corrected chi connectivity index (χ0v) is 11.7. The Hall–Kier alpha value is -1.39. The van der Waals surface area contributed by atoms with Gasteiger partial charge in [0.1, 0.15) is 12.4 Å². The molecule has 19 heavy (non-hydrogen) atoms. The van der Waals surface area contributed by atoms with Gasteiger partial charge in [-0.15, -0.1) is 0 Å². The van der Waals surface area contributed by atoms with Gasteiger partial charge in [-0.2, -0.15) is 0 Å². The van der Waals surface area contributed by atoms with Crippen molar-refractivity contribution >= 4 is 11.6 Å². The van der Waals surface area contributed by atoms with Crippen molar-refractivity contribution < 1.29 is 14.2 Å². The van der Waals surface area contributed by atoms with Crippen LogP contribution in [0.15, 0.2) is 23.7 Å². The molecule has 2 rings (SSSR count). The van der Waals surface area contributed by atoms with Gasteiger partial charge in [0, 0.05) is 17.6 Å². The molecular formula is C14H18ClNO3. The molecule has 0 bridgehead atoms. The van der Waals surface area contributed by atoms with Gasteiger partial charge in [-0.05, 0) is 30.5 Å². The summed E-state index contributed by atoms with van der Waals surface area (Å²) in [7, 11) is 0. The van der Waals surface area contributed by atoms with Gasteiger partial charge in [0.05, 0.1) is 0 Å². The average molecular weight is 284 g/mol. The molecule has 1 unspecified atom stereocenters. The highest BCUT2D eigenvalue weighted by atomic mass is 35.5. The number of halogens is 1. The molecule has 1 aliphatic rings. The van der Waals surface area contributed by atoms with Crippen LogP contribution in [-0.4, -0.2) is 19.4 Å². The molecule has 0 saturated carbocycles. The van der Waals surface area contributed by atoms with Crippen LogP contribution in [0.2, 0.25) is 0 Å². The second-order valence-corrected chi connectivity index (χ2v) is 4.61. The maximum absolute atomic E-state index is 6.01. The topological polar surface area (TPSA) is 53.7 Å². The summed E-state index contributed by atoms with van der Waals surface area (Å²) in [6, 6.07) is 3.89. The predicted octanol–water partition coefficient (Wildman–Crippen LogP) is 2.83. The molecule has 5 heteroatoms. The Morgan fingerprint density at radius 2 is 2.16 bits per heavy atom. The number of hydrogen-bond acceptors (Lipinski definition) is 4.